The van der Waals surface area contributed by atoms with Crippen molar-refractivity contribution in [2.45, 2.75) is 0 Å². The predicted molar refractivity (Wildman–Crippen MR) is 83.5 cm³/mol. The summed E-state index contributed by atoms with van der Waals surface area (Å²) in [7, 11) is 3.14. The van der Waals surface area contributed by atoms with Gasteiger partial charge in [-0.25, -0.2) is 0 Å². The number of para-hydroxylation sites is 2. The SMILES string of the molecule is COc1ccc(C(=O)COc2ccccc2OC)cc1Br. The fourth-order valence-corrected chi connectivity index (χ4v) is 2.35. The van der Waals surface area contributed by atoms with Crippen molar-refractivity contribution in [3.8, 4) is 17.2 Å². The average Bonchev–Trinajstić information content (AvgIpc) is 2.52. The molecule has 0 unspecified atom stereocenters. The van der Waals surface area contributed by atoms with Crippen molar-refractivity contribution >= 4 is 21.7 Å². The van der Waals surface area contributed by atoms with E-state index < -0.39 is 0 Å². The van der Waals surface area contributed by atoms with Gasteiger partial charge in [-0.2, -0.15) is 0 Å². The van der Waals surface area contributed by atoms with Crippen LogP contribution in [-0.2, 0) is 0 Å². The third-order valence-electron chi connectivity index (χ3n) is 2.90. The summed E-state index contributed by atoms with van der Waals surface area (Å²) in [4.78, 5) is 12.1. The Balaban J connectivity index is 2.06. The summed E-state index contributed by atoms with van der Waals surface area (Å²) in [6.45, 7) is -0.0564. The van der Waals surface area contributed by atoms with Gasteiger partial charge in [0.25, 0.3) is 0 Å². The minimum absolute atomic E-state index is 0.0564. The monoisotopic (exact) mass is 350 g/mol. The minimum Gasteiger partial charge on any atom is -0.496 e. The van der Waals surface area contributed by atoms with E-state index in [9.17, 15) is 4.79 Å². The molecule has 0 atom stereocenters. The Kier molecular flexibility index (Phi) is 5.22. The number of ether oxygens (including phenoxy) is 3. The molecule has 4 nitrogen and oxygen atoms in total. The van der Waals surface area contributed by atoms with Crippen molar-refractivity contribution < 1.29 is 19.0 Å². The van der Waals surface area contributed by atoms with Gasteiger partial charge < -0.3 is 14.2 Å². The van der Waals surface area contributed by atoms with Crippen LogP contribution in [0.4, 0.5) is 0 Å². The molecule has 0 bridgehead atoms. The number of Topliss-reactive ketones (excluding diaryl/α,β-unsaturated/α-hetero) is 1. The van der Waals surface area contributed by atoms with Crippen molar-refractivity contribution in [2.75, 3.05) is 20.8 Å². The zero-order valence-corrected chi connectivity index (χ0v) is 13.3. The fraction of sp³-hybridized carbons (Fsp3) is 0.188. The number of ketones is 1. The van der Waals surface area contributed by atoms with Crippen LogP contribution in [-0.4, -0.2) is 26.6 Å². The Labute approximate surface area is 131 Å². The van der Waals surface area contributed by atoms with E-state index in [1.165, 1.54) is 0 Å². The molecule has 0 saturated heterocycles. The Morgan fingerprint density at radius 2 is 1.67 bits per heavy atom. The van der Waals surface area contributed by atoms with Gasteiger partial charge in [0, 0.05) is 5.56 Å². The van der Waals surface area contributed by atoms with Gasteiger partial charge in [0.2, 0.25) is 0 Å². The molecule has 0 aromatic heterocycles. The lowest BCUT2D eigenvalue weighted by molar-refractivity contribution is 0.0919. The van der Waals surface area contributed by atoms with Gasteiger partial charge in [0.15, 0.2) is 23.9 Å². The molecular weight excluding hydrogens is 336 g/mol. The molecule has 110 valence electrons. The minimum atomic E-state index is -0.121. The van der Waals surface area contributed by atoms with Crippen LogP contribution >= 0.6 is 15.9 Å². The number of carbonyl (C=O) groups is 1. The second-order valence-corrected chi connectivity index (χ2v) is 5.07. The van der Waals surface area contributed by atoms with Gasteiger partial charge in [0.1, 0.15) is 5.75 Å². The van der Waals surface area contributed by atoms with Crippen LogP contribution < -0.4 is 14.2 Å². The van der Waals surface area contributed by atoms with Gasteiger partial charge in [-0.05, 0) is 46.3 Å². The van der Waals surface area contributed by atoms with E-state index in [1.54, 1.807) is 44.6 Å². The summed E-state index contributed by atoms with van der Waals surface area (Å²) in [5, 5.41) is 0. The zero-order chi connectivity index (χ0) is 15.2. The highest BCUT2D eigenvalue weighted by Gasteiger charge is 2.11. The van der Waals surface area contributed by atoms with E-state index >= 15 is 0 Å². The van der Waals surface area contributed by atoms with Crippen LogP contribution in [0.3, 0.4) is 0 Å². The van der Waals surface area contributed by atoms with E-state index in [-0.39, 0.29) is 12.4 Å². The fourth-order valence-electron chi connectivity index (χ4n) is 1.80. The largest absolute Gasteiger partial charge is 0.496 e. The van der Waals surface area contributed by atoms with E-state index in [1.807, 2.05) is 12.1 Å². The molecule has 21 heavy (non-hydrogen) atoms. The lowest BCUT2D eigenvalue weighted by Crippen LogP contribution is -2.12. The normalized spacial score (nSPS) is 10.0. The molecule has 0 saturated carbocycles. The predicted octanol–water partition coefficient (Wildman–Crippen LogP) is 3.73. The van der Waals surface area contributed by atoms with Crippen molar-refractivity contribution in [2.24, 2.45) is 0 Å². The van der Waals surface area contributed by atoms with Crippen LogP contribution in [0.5, 0.6) is 17.2 Å². The molecule has 2 aromatic rings. The number of hydrogen-bond acceptors (Lipinski definition) is 4. The molecule has 0 fully saturated rings. The summed E-state index contributed by atoms with van der Waals surface area (Å²) in [6, 6.07) is 12.4. The first-order valence-corrected chi connectivity index (χ1v) is 7.07. The Bertz CT molecular complexity index is 640. The number of rotatable bonds is 6. The molecule has 0 aliphatic heterocycles. The molecule has 5 heteroatoms. The molecule has 2 aromatic carbocycles. The van der Waals surface area contributed by atoms with Crippen molar-refractivity contribution in [3.05, 3.63) is 52.5 Å². The molecule has 0 heterocycles. The van der Waals surface area contributed by atoms with Crippen LogP contribution in [0.1, 0.15) is 10.4 Å². The molecule has 0 amide bonds. The highest BCUT2D eigenvalue weighted by atomic mass is 79.9. The molecule has 2 rings (SSSR count). The Morgan fingerprint density at radius 1 is 1.00 bits per heavy atom. The Hall–Kier alpha value is -2.01. The van der Waals surface area contributed by atoms with Gasteiger partial charge in [0.05, 0.1) is 18.7 Å². The van der Waals surface area contributed by atoms with E-state index in [4.69, 9.17) is 14.2 Å². The maximum absolute atomic E-state index is 12.1. The number of carbonyl (C=O) groups excluding carboxylic acids is 1. The van der Waals surface area contributed by atoms with Crippen molar-refractivity contribution in [3.63, 3.8) is 0 Å². The third kappa shape index (κ3) is 3.76. The lowest BCUT2D eigenvalue weighted by Gasteiger charge is -2.10. The molecule has 0 spiro atoms. The molecule has 0 N–H and O–H groups in total. The van der Waals surface area contributed by atoms with E-state index in [2.05, 4.69) is 15.9 Å². The van der Waals surface area contributed by atoms with Crippen LogP contribution in [0.2, 0.25) is 0 Å². The summed E-state index contributed by atoms with van der Waals surface area (Å²) in [5.41, 5.74) is 0.553. The average molecular weight is 351 g/mol. The number of methoxy groups -OCH3 is 2. The maximum atomic E-state index is 12.1. The first-order chi connectivity index (χ1) is 10.2. The lowest BCUT2D eigenvalue weighted by atomic mass is 10.1. The highest BCUT2D eigenvalue weighted by molar-refractivity contribution is 9.10. The topological polar surface area (TPSA) is 44.8 Å². The Morgan fingerprint density at radius 3 is 2.29 bits per heavy atom. The smallest absolute Gasteiger partial charge is 0.200 e. The first-order valence-electron chi connectivity index (χ1n) is 6.28. The molecule has 0 aliphatic rings. The molecule has 0 aliphatic carbocycles. The second-order valence-electron chi connectivity index (χ2n) is 4.21. The summed E-state index contributed by atoms with van der Waals surface area (Å²) in [6.07, 6.45) is 0. The number of benzene rings is 2. The van der Waals surface area contributed by atoms with Crippen LogP contribution in [0.15, 0.2) is 46.9 Å². The summed E-state index contributed by atoms with van der Waals surface area (Å²) in [5.74, 6) is 1.70. The van der Waals surface area contributed by atoms with E-state index in [0.29, 0.717) is 22.8 Å². The van der Waals surface area contributed by atoms with Gasteiger partial charge in [-0.15, -0.1) is 0 Å². The van der Waals surface area contributed by atoms with Crippen LogP contribution in [0.25, 0.3) is 0 Å². The maximum Gasteiger partial charge on any atom is 0.200 e. The van der Waals surface area contributed by atoms with Gasteiger partial charge in [-0.3, -0.25) is 4.79 Å². The number of hydrogen-bond donors (Lipinski definition) is 0. The first kappa shape index (κ1) is 15.4. The van der Waals surface area contributed by atoms with Crippen molar-refractivity contribution in [1.82, 2.24) is 0 Å². The van der Waals surface area contributed by atoms with Gasteiger partial charge >= 0.3 is 0 Å². The van der Waals surface area contributed by atoms with Crippen LogP contribution in [0, 0.1) is 0 Å². The second kappa shape index (κ2) is 7.13. The molecule has 0 radical (unpaired) electrons. The standard InChI is InChI=1S/C16H15BrO4/c1-19-14-8-7-11(9-12(14)17)13(18)10-21-16-6-4-3-5-15(16)20-2/h3-9H,10H2,1-2H3. The third-order valence-corrected chi connectivity index (χ3v) is 3.52. The number of halogens is 1. The quantitative estimate of drug-likeness (QED) is 0.744. The molecular formula is C16H15BrO4. The van der Waals surface area contributed by atoms with E-state index in [0.717, 1.165) is 4.47 Å². The summed E-state index contributed by atoms with van der Waals surface area (Å²) >= 11 is 3.36. The van der Waals surface area contributed by atoms with Gasteiger partial charge in [-0.1, -0.05) is 12.1 Å². The zero-order valence-electron chi connectivity index (χ0n) is 11.8. The summed E-state index contributed by atoms with van der Waals surface area (Å²) < 4.78 is 16.6. The highest BCUT2D eigenvalue weighted by Crippen LogP contribution is 2.27. The van der Waals surface area contributed by atoms with Crippen molar-refractivity contribution in [1.29, 1.82) is 0 Å².